The van der Waals surface area contributed by atoms with Crippen LogP contribution < -0.4 is 16.8 Å². The van der Waals surface area contributed by atoms with Gasteiger partial charge in [-0.2, -0.15) is 0 Å². The number of carbonyl (C=O) groups is 1. The van der Waals surface area contributed by atoms with Crippen LogP contribution in [-0.4, -0.2) is 20.9 Å². The van der Waals surface area contributed by atoms with Crippen LogP contribution in [0.2, 0.25) is 5.02 Å². The lowest BCUT2D eigenvalue weighted by atomic mass is 9.64. The first-order valence-corrected chi connectivity index (χ1v) is 9.27. The number of carbonyl (C=O) groups excluding carboxylic acids is 1. The Bertz CT molecular complexity index is 1020. The van der Waals surface area contributed by atoms with Gasteiger partial charge in [0, 0.05) is 29.8 Å². The summed E-state index contributed by atoms with van der Waals surface area (Å²) in [6.45, 7) is 0. The Hall–Kier alpha value is -3.19. The summed E-state index contributed by atoms with van der Waals surface area (Å²) in [5.41, 5.74) is 14.2. The first-order chi connectivity index (χ1) is 13.5. The van der Waals surface area contributed by atoms with Crippen molar-refractivity contribution < 1.29 is 4.79 Å². The quantitative estimate of drug-likeness (QED) is 0.583. The van der Waals surface area contributed by atoms with Gasteiger partial charge in [0.2, 0.25) is 11.9 Å². The van der Waals surface area contributed by atoms with Crippen LogP contribution in [0.4, 0.5) is 17.3 Å². The number of anilines is 3. The highest BCUT2D eigenvalue weighted by molar-refractivity contribution is 6.33. The minimum atomic E-state index is -0.586. The largest absolute Gasteiger partial charge is 0.398 e. The molecule has 0 atom stereocenters. The van der Waals surface area contributed by atoms with Gasteiger partial charge in [0.1, 0.15) is 0 Å². The number of benzene rings is 1. The number of pyridine rings is 1. The van der Waals surface area contributed by atoms with Crippen LogP contribution in [0, 0.1) is 0 Å². The van der Waals surface area contributed by atoms with E-state index in [0.717, 1.165) is 36.1 Å². The molecule has 7 nitrogen and oxygen atoms in total. The van der Waals surface area contributed by atoms with Crippen LogP contribution >= 0.6 is 11.6 Å². The van der Waals surface area contributed by atoms with Crippen LogP contribution in [-0.2, 0) is 10.2 Å². The maximum Gasteiger partial charge on any atom is 0.235 e. The van der Waals surface area contributed by atoms with E-state index in [9.17, 15) is 4.79 Å². The summed E-state index contributed by atoms with van der Waals surface area (Å²) in [6, 6.07) is 8.89. The Morgan fingerprint density at radius 3 is 2.36 bits per heavy atom. The van der Waals surface area contributed by atoms with Crippen molar-refractivity contribution in [1.82, 2.24) is 15.0 Å². The SMILES string of the molecule is Nc1ncc(-c2ccc(C3(C(=O)Nc4ccc(N)c(Cl)c4)CCC3)cn2)cn1. The molecule has 1 aliphatic carbocycles. The third kappa shape index (κ3) is 3.25. The lowest BCUT2D eigenvalue weighted by Crippen LogP contribution is -2.46. The van der Waals surface area contributed by atoms with Gasteiger partial charge in [0.25, 0.3) is 0 Å². The molecule has 0 spiro atoms. The van der Waals surface area contributed by atoms with E-state index in [-0.39, 0.29) is 11.9 Å². The maximum absolute atomic E-state index is 13.1. The fourth-order valence-electron chi connectivity index (χ4n) is 3.35. The molecule has 0 aliphatic heterocycles. The Morgan fingerprint density at radius 2 is 1.79 bits per heavy atom. The van der Waals surface area contributed by atoms with Crippen LogP contribution in [0.1, 0.15) is 24.8 Å². The molecule has 1 aromatic carbocycles. The lowest BCUT2D eigenvalue weighted by Gasteiger charge is -2.40. The summed E-state index contributed by atoms with van der Waals surface area (Å²) < 4.78 is 0. The molecule has 8 heteroatoms. The summed E-state index contributed by atoms with van der Waals surface area (Å²) >= 11 is 6.06. The average molecular weight is 395 g/mol. The van der Waals surface area contributed by atoms with Crippen LogP contribution in [0.5, 0.6) is 0 Å². The second-order valence-corrected chi connectivity index (χ2v) is 7.30. The maximum atomic E-state index is 13.1. The molecule has 4 rings (SSSR count). The predicted octanol–water partition coefficient (Wildman–Crippen LogP) is 3.42. The van der Waals surface area contributed by atoms with Gasteiger partial charge < -0.3 is 16.8 Å². The highest BCUT2D eigenvalue weighted by Crippen LogP contribution is 2.44. The van der Waals surface area contributed by atoms with E-state index in [1.54, 1.807) is 36.8 Å². The number of hydrogen-bond acceptors (Lipinski definition) is 6. The molecule has 0 saturated heterocycles. The number of nitrogens with zero attached hydrogens (tertiary/aromatic N) is 3. The minimum Gasteiger partial charge on any atom is -0.398 e. The van der Waals surface area contributed by atoms with Gasteiger partial charge in [0.15, 0.2) is 0 Å². The van der Waals surface area contributed by atoms with Crippen molar-refractivity contribution in [1.29, 1.82) is 0 Å². The normalized spacial score (nSPS) is 14.9. The van der Waals surface area contributed by atoms with Crippen LogP contribution in [0.3, 0.4) is 0 Å². The first kappa shape index (κ1) is 18.2. The van der Waals surface area contributed by atoms with E-state index in [1.165, 1.54) is 0 Å². The molecule has 2 heterocycles. The van der Waals surface area contributed by atoms with Crippen molar-refractivity contribution in [2.24, 2.45) is 0 Å². The van der Waals surface area contributed by atoms with Crippen molar-refractivity contribution in [3.8, 4) is 11.3 Å². The van der Waals surface area contributed by atoms with Crippen molar-refractivity contribution >= 4 is 34.8 Å². The fourth-order valence-corrected chi connectivity index (χ4v) is 3.53. The first-order valence-electron chi connectivity index (χ1n) is 8.89. The summed E-state index contributed by atoms with van der Waals surface area (Å²) in [4.78, 5) is 25.5. The van der Waals surface area contributed by atoms with Gasteiger partial charge in [-0.1, -0.05) is 24.1 Å². The molecule has 3 aromatic rings. The molecular weight excluding hydrogens is 376 g/mol. The van der Waals surface area contributed by atoms with E-state index < -0.39 is 5.41 Å². The topological polar surface area (TPSA) is 120 Å². The minimum absolute atomic E-state index is 0.0649. The second-order valence-electron chi connectivity index (χ2n) is 6.89. The number of aromatic nitrogens is 3. The molecule has 28 heavy (non-hydrogen) atoms. The highest BCUT2D eigenvalue weighted by Gasteiger charge is 2.45. The zero-order chi connectivity index (χ0) is 19.7. The Balaban J connectivity index is 1.57. The smallest absolute Gasteiger partial charge is 0.235 e. The number of nitrogen functional groups attached to an aromatic ring is 2. The van der Waals surface area contributed by atoms with Crippen LogP contribution in [0.15, 0.2) is 48.9 Å². The van der Waals surface area contributed by atoms with E-state index in [0.29, 0.717) is 16.4 Å². The summed E-state index contributed by atoms with van der Waals surface area (Å²) in [5.74, 6) is 0.151. The number of nitrogens with two attached hydrogens (primary N) is 2. The van der Waals surface area contributed by atoms with Crippen molar-refractivity contribution in [2.45, 2.75) is 24.7 Å². The lowest BCUT2D eigenvalue weighted by molar-refractivity contribution is -0.124. The van der Waals surface area contributed by atoms with Crippen LogP contribution in [0.25, 0.3) is 11.3 Å². The summed E-state index contributed by atoms with van der Waals surface area (Å²) in [7, 11) is 0. The molecule has 0 radical (unpaired) electrons. The molecule has 5 N–H and O–H groups in total. The van der Waals surface area contributed by atoms with Crippen molar-refractivity contribution in [3.63, 3.8) is 0 Å². The predicted molar refractivity (Wildman–Crippen MR) is 110 cm³/mol. The van der Waals surface area contributed by atoms with Gasteiger partial charge in [-0.15, -0.1) is 0 Å². The van der Waals surface area contributed by atoms with E-state index >= 15 is 0 Å². The Morgan fingerprint density at radius 1 is 1.04 bits per heavy atom. The standard InChI is InChI=1S/C20H19ClN6O/c21-15-8-14(3-4-16(15)22)27-18(28)20(6-1-7-20)13-2-5-17(24-11-13)12-9-25-19(23)26-10-12/h2-5,8-11H,1,6-7,22H2,(H,27,28)(H2,23,25,26). The zero-order valence-corrected chi connectivity index (χ0v) is 15.8. The van der Waals surface area contributed by atoms with E-state index in [1.807, 2.05) is 12.1 Å². The highest BCUT2D eigenvalue weighted by atomic mass is 35.5. The molecule has 142 valence electrons. The number of hydrogen-bond donors (Lipinski definition) is 3. The molecule has 0 bridgehead atoms. The number of rotatable bonds is 4. The number of halogens is 1. The van der Waals surface area contributed by atoms with Gasteiger partial charge in [-0.25, -0.2) is 9.97 Å². The molecule has 1 fully saturated rings. The zero-order valence-electron chi connectivity index (χ0n) is 15.0. The third-order valence-electron chi connectivity index (χ3n) is 5.18. The molecule has 2 aromatic heterocycles. The van der Waals surface area contributed by atoms with Gasteiger partial charge in [0.05, 0.1) is 21.8 Å². The van der Waals surface area contributed by atoms with E-state index in [4.69, 9.17) is 23.1 Å². The van der Waals surface area contributed by atoms with Crippen molar-refractivity contribution in [2.75, 3.05) is 16.8 Å². The Labute approximate surface area is 167 Å². The fraction of sp³-hybridized carbons (Fsp3) is 0.200. The summed E-state index contributed by atoms with van der Waals surface area (Å²) in [6.07, 6.45) is 7.53. The average Bonchev–Trinajstić information content (AvgIpc) is 2.65. The molecule has 0 unspecified atom stereocenters. The van der Waals surface area contributed by atoms with Gasteiger partial charge in [-0.05, 0) is 42.7 Å². The number of nitrogens with one attached hydrogen (secondary N) is 1. The number of amides is 1. The van der Waals surface area contributed by atoms with Crippen molar-refractivity contribution in [3.05, 3.63) is 59.5 Å². The monoisotopic (exact) mass is 394 g/mol. The molecular formula is C20H19ClN6O. The Kier molecular flexibility index (Phi) is 4.60. The second kappa shape index (κ2) is 7.09. The van der Waals surface area contributed by atoms with Gasteiger partial charge >= 0.3 is 0 Å². The van der Waals surface area contributed by atoms with E-state index in [2.05, 4.69) is 20.3 Å². The molecule has 1 amide bonds. The van der Waals surface area contributed by atoms with Gasteiger partial charge in [-0.3, -0.25) is 9.78 Å². The molecule has 1 aliphatic rings. The summed E-state index contributed by atoms with van der Waals surface area (Å²) in [5, 5.41) is 3.38. The molecule has 1 saturated carbocycles. The third-order valence-corrected chi connectivity index (χ3v) is 5.51.